The number of rotatable bonds is 11. The standard InChI is InChI=1S/C18H25Cl2NO4.C5H8O5/c1-18(2,3)25-17(22)9-13(21-6-4-5-19)7-12-8-15-16(10-14(12)20)24-11-23-15;1-2(4(7)8)3(6)5(9)10/h8,10,13,21H,4-7,9,11H2,1-3H3;2-3,6H,1H3,(H,7,8)(H,9,10)/t13-;2-,3-/m11/s1. The number of benzene rings is 1. The Hall–Kier alpha value is -2.27. The number of hydrogen-bond donors (Lipinski definition) is 4. The molecule has 1 aliphatic rings. The summed E-state index contributed by atoms with van der Waals surface area (Å²) in [5.74, 6) is -2.46. The Morgan fingerprint density at radius 3 is 2.23 bits per heavy atom. The minimum absolute atomic E-state index is 0.101. The van der Waals surface area contributed by atoms with Gasteiger partial charge in [0.2, 0.25) is 6.79 Å². The summed E-state index contributed by atoms with van der Waals surface area (Å²) >= 11 is 12.1. The molecule has 0 unspecified atom stereocenters. The Morgan fingerprint density at radius 1 is 1.14 bits per heavy atom. The van der Waals surface area contributed by atoms with Crippen LogP contribution in [0, 0.1) is 5.92 Å². The van der Waals surface area contributed by atoms with E-state index in [2.05, 4.69) is 5.32 Å². The second kappa shape index (κ2) is 14.3. The van der Waals surface area contributed by atoms with E-state index in [1.165, 1.54) is 0 Å². The summed E-state index contributed by atoms with van der Waals surface area (Å²) in [6.45, 7) is 7.62. The van der Waals surface area contributed by atoms with Crippen LogP contribution >= 0.6 is 23.2 Å². The Kier molecular flexibility index (Phi) is 12.6. The largest absolute Gasteiger partial charge is 0.481 e. The molecular formula is C23H33Cl2NO9. The Balaban J connectivity index is 0.000000518. The average Bonchev–Trinajstić information content (AvgIpc) is 3.18. The number of hydrogen-bond acceptors (Lipinski definition) is 8. The van der Waals surface area contributed by atoms with Crippen molar-refractivity contribution in [3.8, 4) is 11.5 Å². The molecule has 0 radical (unpaired) electrons. The Labute approximate surface area is 214 Å². The summed E-state index contributed by atoms with van der Waals surface area (Å²) in [5.41, 5.74) is 0.395. The predicted octanol–water partition coefficient (Wildman–Crippen LogP) is 3.08. The van der Waals surface area contributed by atoms with Crippen LogP contribution in [0.3, 0.4) is 0 Å². The van der Waals surface area contributed by atoms with Crippen molar-refractivity contribution in [3.63, 3.8) is 0 Å². The second-order valence-corrected chi connectivity index (χ2v) is 9.68. The first-order valence-corrected chi connectivity index (χ1v) is 11.9. The number of carbonyl (C=O) groups is 3. The van der Waals surface area contributed by atoms with Gasteiger partial charge in [0.15, 0.2) is 17.6 Å². The molecule has 1 heterocycles. The highest BCUT2D eigenvalue weighted by Gasteiger charge is 2.27. The molecule has 1 aromatic carbocycles. The highest BCUT2D eigenvalue weighted by Crippen LogP contribution is 2.37. The van der Waals surface area contributed by atoms with Crippen LogP contribution in [0.15, 0.2) is 12.1 Å². The van der Waals surface area contributed by atoms with Crippen LogP contribution in [0.25, 0.3) is 0 Å². The van der Waals surface area contributed by atoms with Crippen molar-refractivity contribution in [3.05, 3.63) is 22.7 Å². The third-order valence-corrected chi connectivity index (χ3v) is 5.32. The highest BCUT2D eigenvalue weighted by atomic mass is 35.5. The molecular weight excluding hydrogens is 505 g/mol. The highest BCUT2D eigenvalue weighted by molar-refractivity contribution is 6.31. The first kappa shape index (κ1) is 30.8. The molecule has 0 saturated heterocycles. The van der Waals surface area contributed by atoms with Crippen molar-refractivity contribution in [1.29, 1.82) is 0 Å². The molecule has 0 bridgehead atoms. The molecule has 0 aromatic heterocycles. The van der Waals surface area contributed by atoms with Gasteiger partial charge in [-0.15, -0.1) is 11.6 Å². The fourth-order valence-corrected chi connectivity index (χ4v) is 3.27. The number of aliphatic carboxylic acids is 2. The molecule has 0 amide bonds. The summed E-state index contributed by atoms with van der Waals surface area (Å²) in [7, 11) is 0. The molecule has 2 rings (SSSR count). The van der Waals surface area contributed by atoms with E-state index in [0.717, 1.165) is 25.5 Å². The Bertz CT molecular complexity index is 855. The SMILES string of the molecule is CC(C)(C)OC(=O)C[C@@H](Cc1cc2c(cc1Cl)OCO2)NCCCCl.C[C@@H](C(=O)O)[C@@H](O)C(=O)O. The lowest BCUT2D eigenvalue weighted by atomic mass is 10.0. The summed E-state index contributed by atoms with van der Waals surface area (Å²) in [5, 5.41) is 28.8. The van der Waals surface area contributed by atoms with E-state index >= 15 is 0 Å². The van der Waals surface area contributed by atoms with Gasteiger partial charge in [-0.05, 0) is 58.7 Å². The summed E-state index contributed by atoms with van der Waals surface area (Å²) < 4.78 is 16.2. The molecule has 35 heavy (non-hydrogen) atoms. The summed E-state index contributed by atoms with van der Waals surface area (Å²) in [6.07, 6.45) is -0.166. The van der Waals surface area contributed by atoms with Crippen LogP contribution in [0.2, 0.25) is 5.02 Å². The normalized spacial score (nSPS) is 14.8. The van der Waals surface area contributed by atoms with E-state index in [1.807, 2.05) is 26.8 Å². The van der Waals surface area contributed by atoms with Crippen molar-refractivity contribution in [1.82, 2.24) is 5.32 Å². The minimum Gasteiger partial charge on any atom is -0.481 e. The molecule has 1 aliphatic heterocycles. The topological polar surface area (TPSA) is 152 Å². The molecule has 4 N–H and O–H groups in total. The first-order chi connectivity index (χ1) is 16.2. The zero-order chi connectivity index (χ0) is 26.8. The molecule has 0 saturated carbocycles. The van der Waals surface area contributed by atoms with Crippen LogP contribution in [0.5, 0.6) is 11.5 Å². The number of esters is 1. The summed E-state index contributed by atoms with van der Waals surface area (Å²) in [4.78, 5) is 32.2. The van der Waals surface area contributed by atoms with Gasteiger partial charge in [0.05, 0.1) is 12.3 Å². The van der Waals surface area contributed by atoms with Crippen molar-refractivity contribution < 1.29 is 43.9 Å². The van der Waals surface area contributed by atoms with Crippen LogP contribution in [0.4, 0.5) is 0 Å². The molecule has 10 nitrogen and oxygen atoms in total. The predicted molar refractivity (Wildman–Crippen MR) is 129 cm³/mol. The first-order valence-electron chi connectivity index (χ1n) is 11.0. The maximum atomic E-state index is 12.2. The lowest BCUT2D eigenvalue weighted by Crippen LogP contribution is -2.36. The van der Waals surface area contributed by atoms with Gasteiger partial charge in [-0.2, -0.15) is 0 Å². The van der Waals surface area contributed by atoms with Gasteiger partial charge < -0.3 is 34.8 Å². The van der Waals surface area contributed by atoms with Crippen LogP contribution in [0.1, 0.15) is 46.1 Å². The maximum absolute atomic E-state index is 12.2. The number of aliphatic hydroxyl groups is 1. The maximum Gasteiger partial charge on any atom is 0.333 e. The van der Waals surface area contributed by atoms with Crippen LogP contribution < -0.4 is 14.8 Å². The van der Waals surface area contributed by atoms with Gasteiger partial charge in [-0.3, -0.25) is 9.59 Å². The number of alkyl halides is 1. The van der Waals surface area contributed by atoms with Crippen molar-refractivity contribution in [2.45, 2.75) is 64.7 Å². The second-order valence-electron chi connectivity index (χ2n) is 8.90. The van der Waals surface area contributed by atoms with Crippen LogP contribution in [-0.2, 0) is 25.5 Å². The zero-order valence-electron chi connectivity index (χ0n) is 20.2. The number of fused-ring (bicyclic) bond motifs is 1. The molecule has 0 fully saturated rings. The lowest BCUT2D eigenvalue weighted by Gasteiger charge is -2.23. The number of nitrogens with one attached hydrogen (secondary N) is 1. The zero-order valence-corrected chi connectivity index (χ0v) is 21.7. The number of ether oxygens (including phenoxy) is 3. The van der Waals surface area contributed by atoms with E-state index in [4.69, 9.17) is 52.7 Å². The third-order valence-electron chi connectivity index (χ3n) is 4.70. The Morgan fingerprint density at radius 2 is 1.74 bits per heavy atom. The van der Waals surface area contributed by atoms with Crippen molar-refractivity contribution >= 4 is 41.1 Å². The van der Waals surface area contributed by atoms with Crippen LogP contribution in [-0.4, -0.2) is 70.2 Å². The molecule has 0 aliphatic carbocycles. The van der Waals surface area contributed by atoms with Crippen molar-refractivity contribution in [2.24, 2.45) is 5.92 Å². The molecule has 12 heteroatoms. The van der Waals surface area contributed by atoms with Gasteiger partial charge in [0, 0.05) is 23.0 Å². The molecule has 0 spiro atoms. The number of carboxylic acid groups (broad SMARTS) is 2. The van der Waals surface area contributed by atoms with E-state index < -0.39 is 29.6 Å². The number of halogens is 2. The molecule has 1 aromatic rings. The summed E-state index contributed by atoms with van der Waals surface area (Å²) in [6, 6.07) is 3.52. The van der Waals surface area contributed by atoms with Crippen molar-refractivity contribution in [2.75, 3.05) is 19.2 Å². The van der Waals surface area contributed by atoms with E-state index in [9.17, 15) is 14.4 Å². The fourth-order valence-electron chi connectivity index (χ4n) is 2.90. The molecule has 3 atom stereocenters. The van der Waals surface area contributed by atoms with E-state index in [1.54, 1.807) is 6.07 Å². The smallest absolute Gasteiger partial charge is 0.333 e. The number of carbonyl (C=O) groups excluding carboxylic acids is 1. The van der Waals surface area contributed by atoms with Gasteiger partial charge in [-0.1, -0.05) is 11.6 Å². The number of carboxylic acids is 2. The monoisotopic (exact) mass is 537 g/mol. The number of aliphatic hydroxyl groups excluding tert-OH is 1. The van der Waals surface area contributed by atoms with Gasteiger partial charge in [0.1, 0.15) is 5.60 Å². The quantitative estimate of drug-likeness (QED) is 0.188. The van der Waals surface area contributed by atoms with Gasteiger partial charge >= 0.3 is 17.9 Å². The van der Waals surface area contributed by atoms with E-state index in [0.29, 0.717) is 28.8 Å². The lowest BCUT2D eigenvalue weighted by molar-refractivity contribution is -0.158. The third kappa shape index (κ3) is 11.3. The van der Waals surface area contributed by atoms with E-state index in [-0.39, 0.29) is 25.2 Å². The fraction of sp³-hybridized carbons (Fsp3) is 0.609. The van der Waals surface area contributed by atoms with Gasteiger partial charge in [0.25, 0.3) is 0 Å². The average molecular weight is 538 g/mol. The van der Waals surface area contributed by atoms with Gasteiger partial charge in [-0.25, -0.2) is 4.79 Å². The molecule has 198 valence electrons. The minimum atomic E-state index is -1.82.